The van der Waals surface area contributed by atoms with Crippen molar-refractivity contribution in [3.63, 3.8) is 0 Å². The molecule has 0 bridgehead atoms. The molecule has 0 aliphatic carbocycles. The summed E-state index contributed by atoms with van der Waals surface area (Å²) in [7, 11) is 1.52. The summed E-state index contributed by atoms with van der Waals surface area (Å²) in [4.78, 5) is 28.8. The van der Waals surface area contributed by atoms with E-state index in [0.717, 1.165) is 16.7 Å². The zero-order chi connectivity index (χ0) is 24.0. The lowest BCUT2D eigenvalue weighted by Gasteiger charge is -2.19. The standard InChI is InChI=1S/C27H24N2O5/c1-15-5-8-19(17(3)11-15)24-25(28-18-7-10-22-23(13-18)34-14-33-22)27(31)29(26(24)30)20-12-16(2)6-9-21(20)32-4/h5-13,28H,14H2,1-4H3. The third kappa shape index (κ3) is 3.55. The lowest BCUT2D eigenvalue weighted by Crippen LogP contribution is -2.32. The Hall–Kier alpha value is -4.26. The van der Waals surface area contributed by atoms with Crippen molar-refractivity contribution in [3.8, 4) is 17.2 Å². The molecule has 0 unspecified atom stereocenters. The fraction of sp³-hybridized carbons (Fsp3) is 0.185. The van der Waals surface area contributed by atoms with Crippen molar-refractivity contribution < 1.29 is 23.8 Å². The lowest BCUT2D eigenvalue weighted by atomic mass is 9.97. The van der Waals surface area contributed by atoms with Crippen molar-refractivity contribution in [1.82, 2.24) is 0 Å². The van der Waals surface area contributed by atoms with Gasteiger partial charge in [-0.15, -0.1) is 0 Å². The summed E-state index contributed by atoms with van der Waals surface area (Å²) in [5.74, 6) is 0.781. The normalized spacial score (nSPS) is 14.8. The molecule has 3 aromatic rings. The van der Waals surface area contributed by atoms with Crippen molar-refractivity contribution >= 4 is 28.8 Å². The van der Waals surface area contributed by atoms with Crippen LogP contribution in [0.2, 0.25) is 0 Å². The quantitative estimate of drug-likeness (QED) is 0.559. The van der Waals surface area contributed by atoms with Crippen LogP contribution in [-0.2, 0) is 9.59 Å². The van der Waals surface area contributed by atoms with Gasteiger partial charge >= 0.3 is 0 Å². The van der Waals surface area contributed by atoms with Crippen molar-refractivity contribution in [2.45, 2.75) is 20.8 Å². The topological polar surface area (TPSA) is 77.1 Å². The number of hydrogen-bond donors (Lipinski definition) is 1. The number of fused-ring (bicyclic) bond motifs is 1. The number of hydrogen-bond acceptors (Lipinski definition) is 6. The number of methoxy groups -OCH3 is 1. The Morgan fingerprint density at radius 2 is 1.59 bits per heavy atom. The monoisotopic (exact) mass is 456 g/mol. The maximum atomic E-state index is 13.8. The molecule has 2 amide bonds. The molecule has 172 valence electrons. The number of nitrogens with one attached hydrogen (secondary N) is 1. The Morgan fingerprint density at radius 1 is 0.853 bits per heavy atom. The van der Waals surface area contributed by atoms with Crippen LogP contribution < -0.4 is 24.4 Å². The molecule has 0 radical (unpaired) electrons. The molecule has 1 N–H and O–H groups in total. The van der Waals surface area contributed by atoms with Crippen molar-refractivity contribution in [2.24, 2.45) is 0 Å². The number of ether oxygens (including phenoxy) is 3. The van der Waals surface area contributed by atoms with Crippen molar-refractivity contribution in [3.05, 3.63) is 82.5 Å². The number of carbonyl (C=O) groups is 2. The Bertz CT molecular complexity index is 1380. The number of rotatable bonds is 5. The minimum absolute atomic E-state index is 0.146. The first-order chi connectivity index (χ1) is 16.4. The summed E-state index contributed by atoms with van der Waals surface area (Å²) in [5.41, 5.74) is 5.09. The maximum absolute atomic E-state index is 13.8. The summed E-state index contributed by atoms with van der Waals surface area (Å²) in [6.45, 7) is 5.97. The van der Waals surface area contributed by atoms with Gasteiger partial charge in [0.2, 0.25) is 6.79 Å². The van der Waals surface area contributed by atoms with Crippen molar-refractivity contribution in [1.29, 1.82) is 0 Å². The molecule has 0 spiro atoms. The smallest absolute Gasteiger partial charge is 0.282 e. The molecule has 2 heterocycles. The molecule has 3 aromatic carbocycles. The summed E-state index contributed by atoms with van der Waals surface area (Å²) < 4.78 is 16.3. The highest BCUT2D eigenvalue weighted by atomic mass is 16.7. The van der Waals surface area contributed by atoms with Gasteiger partial charge in [0.1, 0.15) is 11.4 Å². The number of benzene rings is 3. The Balaban J connectivity index is 1.65. The zero-order valence-corrected chi connectivity index (χ0v) is 19.4. The molecule has 2 aliphatic rings. The van der Waals surface area contributed by atoms with E-state index in [0.29, 0.717) is 39.8 Å². The fourth-order valence-corrected chi connectivity index (χ4v) is 4.30. The predicted molar refractivity (Wildman–Crippen MR) is 129 cm³/mol. The van der Waals surface area contributed by atoms with E-state index in [1.54, 1.807) is 30.3 Å². The average molecular weight is 456 g/mol. The molecule has 7 heteroatoms. The molecule has 0 fully saturated rings. The molecule has 7 nitrogen and oxygen atoms in total. The summed E-state index contributed by atoms with van der Waals surface area (Å²) in [6.07, 6.45) is 0. The van der Waals surface area contributed by atoms with Gasteiger partial charge in [0.15, 0.2) is 11.5 Å². The largest absolute Gasteiger partial charge is 0.495 e. The second-order valence-corrected chi connectivity index (χ2v) is 8.38. The number of amides is 2. The third-order valence-corrected chi connectivity index (χ3v) is 5.95. The first-order valence-electron chi connectivity index (χ1n) is 10.9. The van der Waals surface area contributed by atoms with Gasteiger partial charge in [0.05, 0.1) is 18.4 Å². The van der Waals surface area contributed by atoms with Crippen LogP contribution in [0.5, 0.6) is 17.2 Å². The molecule has 34 heavy (non-hydrogen) atoms. The lowest BCUT2D eigenvalue weighted by molar-refractivity contribution is -0.120. The second kappa shape index (κ2) is 8.26. The number of nitrogens with zero attached hydrogens (tertiary/aromatic N) is 1. The van der Waals surface area contributed by atoms with Crippen LogP contribution in [0.15, 0.2) is 60.3 Å². The molecule has 0 saturated carbocycles. The first-order valence-corrected chi connectivity index (χ1v) is 10.9. The van der Waals surface area contributed by atoms with Gasteiger partial charge in [0.25, 0.3) is 11.8 Å². The van der Waals surface area contributed by atoms with Gasteiger partial charge in [-0.05, 0) is 61.7 Å². The van der Waals surface area contributed by atoms with E-state index in [4.69, 9.17) is 14.2 Å². The Morgan fingerprint density at radius 3 is 2.35 bits per heavy atom. The molecule has 0 atom stereocenters. The highest BCUT2D eigenvalue weighted by Gasteiger charge is 2.42. The van der Waals surface area contributed by atoms with Gasteiger partial charge in [-0.25, -0.2) is 4.90 Å². The summed E-state index contributed by atoms with van der Waals surface area (Å²) >= 11 is 0. The van der Waals surface area contributed by atoms with Crippen molar-refractivity contribution in [2.75, 3.05) is 24.1 Å². The van der Waals surface area contributed by atoms with E-state index in [9.17, 15) is 9.59 Å². The van der Waals surface area contributed by atoms with E-state index < -0.39 is 11.8 Å². The first kappa shape index (κ1) is 21.6. The fourth-order valence-electron chi connectivity index (χ4n) is 4.30. The Kier molecular flexibility index (Phi) is 5.24. The minimum Gasteiger partial charge on any atom is -0.495 e. The SMILES string of the molecule is COc1ccc(C)cc1N1C(=O)C(Nc2ccc3c(c2)OCO3)=C(c2ccc(C)cc2C)C1=O. The molecular formula is C27H24N2O5. The molecule has 2 aliphatic heterocycles. The van der Waals surface area contributed by atoms with Crippen LogP contribution in [0.3, 0.4) is 0 Å². The summed E-state index contributed by atoms with van der Waals surface area (Å²) in [6, 6.07) is 16.5. The van der Waals surface area contributed by atoms with Crippen LogP contribution in [-0.4, -0.2) is 25.7 Å². The predicted octanol–water partition coefficient (Wildman–Crippen LogP) is 4.75. The zero-order valence-electron chi connectivity index (χ0n) is 19.4. The molecule has 0 aromatic heterocycles. The highest BCUT2D eigenvalue weighted by molar-refractivity contribution is 6.46. The van der Waals surface area contributed by atoms with Gasteiger partial charge in [-0.3, -0.25) is 9.59 Å². The van der Waals surface area contributed by atoms with Crippen LogP contribution in [0.25, 0.3) is 5.57 Å². The number of aryl methyl sites for hydroxylation is 3. The van der Waals surface area contributed by atoms with Crippen LogP contribution in [0, 0.1) is 20.8 Å². The van der Waals surface area contributed by atoms with Crippen LogP contribution in [0.1, 0.15) is 22.3 Å². The number of imide groups is 1. The van der Waals surface area contributed by atoms with Crippen LogP contribution in [0.4, 0.5) is 11.4 Å². The van der Waals surface area contributed by atoms with Gasteiger partial charge in [-0.1, -0.05) is 29.8 Å². The van der Waals surface area contributed by atoms with Gasteiger partial charge in [-0.2, -0.15) is 0 Å². The van der Waals surface area contributed by atoms with Gasteiger partial charge < -0.3 is 19.5 Å². The van der Waals surface area contributed by atoms with E-state index in [-0.39, 0.29) is 12.5 Å². The van der Waals surface area contributed by atoms with E-state index in [1.165, 1.54) is 12.0 Å². The van der Waals surface area contributed by atoms with E-state index >= 15 is 0 Å². The molecule has 0 saturated heterocycles. The third-order valence-electron chi connectivity index (χ3n) is 5.95. The molecular weight excluding hydrogens is 432 g/mol. The number of carbonyl (C=O) groups excluding carboxylic acids is 2. The average Bonchev–Trinajstić information content (AvgIpc) is 3.36. The minimum atomic E-state index is -0.457. The number of anilines is 2. The highest BCUT2D eigenvalue weighted by Crippen LogP contribution is 2.40. The van der Waals surface area contributed by atoms with E-state index in [1.807, 2.05) is 45.0 Å². The van der Waals surface area contributed by atoms with Crippen LogP contribution >= 0.6 is 0 Å². The second-order valence-electron chi connectivity index (χ2n) is 8.38. The van der Waals surface area contributed by atoms with E-state index in [2.05, 4.69) is 5.32 Å². The maximum Gasteiger partial charge on any atom is 0.282 e. The Labute approximate surface area is 197 Å². The molecule has 5 rings (SSSR count). The van der Waals surface area contributed by atoms with Gasteiger partial charge in [0, 0.05) is 11.8 Å². The summed E-state index contributed by atoms with van der Waals surface area (Å²) in [5, 5.41) is 3.18.